The van der Waals surface area contributed by atoms with Gasteiger partial charge in [0, 0.05) is 38.5 Å². The standard InChI is InChI=1S/C15H23N3O5S/c1-10-14(11(2)23-16-10)24(21,22)18-5-4-13-6-17(12(3)20)7-15(13,8-18)9-19/h13,19H,4-9H2,1-3H3/t13-,15-/m0/s1. The number of hydrogen-bond donors (Lipinski definition) is 1. The third kappa shape index (κ3) is 2.55. The third-order valence-corrected chi connectivity index (χ3v) is 7.45. The summed E-state index contributed by atoms with van der Waals surface area (Å²) in [7, 11) is -3.74. The number of fused-ring (bicyclic) bond motifs is 1. The normalized spacial score (nSPS) is 28.2. The van der Waals surface area contributed by atoms with E-state index >= 15 is 0 Å². The van der Waals surface area contributed by atoms with Crippen molar-refractivity contribution in [2.24, 2.45) is 11.3 Å². The molecule has 0 aromatic carbocycles. The molecule has 2 saturated heterocycles. The number of aliphatic hydroxyl groups excluding tert-OH is 1. The van der Waals surface area contributed by atoms with Gasteiger partial charge in [-0.25, -0.2) is 8.42 Å². The van der Waals surface area contributed by atoms with Crippen LogP contribution in [0.15, 0.2) is 9.42 Å². The van der Waals surface area contributed by atoms with Crippen molar-refractivity contribution < 1.29 is 22.8 Å². The van der Waals surface area contributed by atoms with Crippen LogP contribution in [0.1, 0.15) is 24.8 Å². The summed E-state index contributed by atoms with van der Waals surface area (Å²) in [5.41, 5.74) is -0.264. The number of aryl methyl sites for hydroxylation is 2. The van der Waals surface area contributed by atoms with E-state index in [9.17, 15) is 18.3 Å². The lowest BCUT2D eigenvalue weighted by Gasteiger charge is -2.42. The number of hydrogen-bond acceptors (Lipinski definition) is 6. The number of rotatable bonds is 3. The van der Waals surface area contributed by atoms with Crippen LogP contribution in [0.3, 0.4) is 0 Å². The number of piperidine rings is 1. The highest BCUT2D eigenvalue weighted by Gasteiger charge is 2.52. The molecule has 0 saturated carbocycles. The van der Waals surface area contributed by atoms with Crippen LogP contribution in [0.2, 0.25) is 0 Å². The Morgan fingerprint density at radius 3 is 2.67 bits per heavy atom. The zero-order valence-electron chi connectivity index (χ0n) is 14.2. The molecule has 2 atom stereocenters. The van der Waals surface area contributed by atoms with Crippen molar-refractivity contribution in [3.05, 3.63) is 11.5 Å². The highest BCUT2D eigenvalue weighted by molar-refractivity contribution is 7.89. The zero-order chi connectivity index (χ0) is 17.7. The van der Waals surface area contributed by atoms with Crippen LogP contribution in [0.5, 0.6) is 0 Å². The van der Waals surface area contributed by atoms with E-state index in [1.807, 2.05) is 0 Å². The van der Waals surface area contributed by atoms with Crippen molar-refractivity contribution >= 4 is 15.9 Å². The van der Waals surface area contributed by atoms with Crippen molar-refractivity contribution in [3.8, 4) is 0 Å². The Balaban J connectivity index is 1.92. The fourth-order valence-electron chi connectivity index (χ4n) is 3.99. The van der Waals surface area contributed by atoms with Crippen LogP contribution >= 0.6 is 0 Å². The molecule has 0 spiro atoms. The van der Waals surface area contributed by atoms with Gasteiger partial charge in [0.25, 0.3) is 0 Å². The minimum Gasteiger partial charge on any atom is -0.396 e. The molecule has 2 fully saturated rings. The van der Waals surface area contributed by atoms with Gasteiger partial charge in [-0.1, -0.05) is 5.16 Å². The molecule has 0 unspecified atom stereocenters. The molecule has 0 aliphatic carbocycles. The fraction of sp³-hybridized carbons (Fsp3) is 0.733. The van der Waals surface area contributed by atoms with E-state index in [1.54, 1.807) is 18.7 Å². The SMILES string of the molecule is CC(=O)N1C[C@@H]2CCN(S(=O)(=O)c3c(C)noc3C)C[C@]2(CO)C1. The van der Waals surface area contributed by atoms with E-state index in [-0.39, 0.29) is 35.6 Å². The summed E-state index contributed by atoms with van der Waals surface area (Å²) in [5, 5.41) is 13.7. The van der Waals surface area contributed by atoms with Crippen LogP contribution in [-0.2, 0) is 14.8 Å². The Morgan fingerprint density at radius 2 is 2.12 bits per heavy atom. The monoisotopic (exact) mass is 357 g/mol. The van der Waals surface area contributed by atoms with E-state index in [1.165, 1.54) is 11.2 Å². The van der Waals surface area contributed by atoms with E-state index in [2.05, 4.69) is 5.16 Å². The highest BCUT2D eigenvalue weighted by atomic mass is 32.2. The maximum Gasteiger partial charge on any atom is 0.248 e. The lowest BCUT2D eigenvalue weighted by atomic mass is 9.75. The molecule has 2 aliphatic heterocycles. The molecule has 1 aromatic heterocycles. The van der Waals surface area contributed by atoms with Crippen LogP contribution in [0, 0.1) is 25.2 Å². The molecule has 9 heteroatoms. The Labute approximate surface area is 141 Å². The van der Waals surface area contributed by atoms with Crippen LogP contribution < -0.4 is 0 Å². The first-order valence-corrected chi connectivity index (χ1v) is 9.45. The average Bonchev–Trinajstić information content (AvgIpc) is 3.07. The van der Waals surface area contributed by atoms with Crippen molar-refractivity contribution in [2.75, 3.05) is 32.8 Å². The summed E-state index contributed by atoms with van der Waals surface area (Å²) in [4.78, 5) is 13.5. The average molecular weight is 357 g/mol. The van der Waals surface area contributed by atoms with Gasteiger partial charge in [-0.2, -0.15) is 4.31 Å². The molecule has 1 amide bonds. The fourth-order valence-corrected chi connectivity index (χ4v) is 5.83. The number of sulfonamides is 1. The summed E-state index contributed by atoms with van der Waals surface area (Å²) < 4.78 is 32.4. The van der Waals surface area contributed by atoms with Crippen LogP contribution in [0.25, 0.3) is 0 Å². The Hall–Kier alpha value is -1.45. The maximum atomic E-state index is 13.0. The molecule has 3 heterocycles. The first-order chi connectivity index (χ1) is 11.2. The largest absolute Gasteiger partial charge is 0.396 e. The topological polar surface area (TPSA) is 104 Å². The summed E-state index contributed by atoms with van der Waals surface area (Å²) >= 11 is 0. The molecule has 0 radical (unpaired) electrons. The Kier molecular flexibility index (Phi) is 4.21. The molecule has 0 bridgehead atoms. The molecular weight excluding hydrogens is 334 g/mol. The summed E-state index contributed by atoms with van der Waals surface area (Å²) in [6, 6.07) is 0. The van der Waals surface area contributed by atoms with Crippen LogP contribution in [-0.4, -0.2) is 66.6 Å². The molecule has 1 aromatic rings. The molecular formula is C15H23N3O5S. The predicted octanol–water partition coefficient (Wildman–Crippen LogP) is 0.143. The number of carbonyl (C=O) groups is 1. The van der Waals surface area contributed by atoms with Crippen LogP contribution in [0.4, 0.5) is 0 Å². The second-order valence-electron chi connectivity index (χ2n) is 6.90. The highest BCUT2D eigenvalue weighted by Crippen LogP contribution is 2.43. The lowest BCUT2D eigenvalue weighted by Crippen LogP contribution is -2.52. The molecule has 1 N–H and O–H groups in total. The minimum atomic E-state index is -3.74. The van der Waals surface area contributed by atoms with E-state index < -0.39 is 15.4 Å². The third-order valence-electron chi connectivity index (χ3n) is 5.36. The van der Waals surface area contributed by atoms with Gasteiger partial charge in [-0.05, 0) is 26.2 Å². The summed E-state index contributed by atoms with van der Waals surface area (Å²) in [6.45, 7) is 6.07. The van der Waals surface area contributed by atoms with Gasteiger partial charge in [0.2, 0.25) is 15.9 Å². The number of likely N-dealkylation sites (tertiary alicyclic amines) is 1. The van der Waals surface area contributed by atoms with Gasteiger partial charge in [0.1, 0.15) is 10.6 Å². The molecule has 8 nitrogen and oxygen atoms in total. The van der Waals surface area contributed by atoms with Crippen molar-refractivity contribution in [2.45, 2.75) is 32.1 Å². The van der Waals surface area contributed by atoms with Crippen molar-refractivity contribution in [1.29, 1.82) is 0 Å². The zero-order valence-corrected chi connectivity index (χ0v) is 15.0. The Morgan fingerprint density at radius 1 is 1.42 bits per heavy atom. The second kappa shape index (κ2) is 5.82. The van der Waals surface area contributed by atoms with E-state index in [4.69, 9.17) is 4.52 Å². The molecule has 3 rings (SSSR count). The minimum absolute atomic E-state index is 0.0441. The van der Waals surface area contributed by atoms with Gasteiger partial charge < -0.3 is 14.5 Å². The number of carbonyl (C=O) groups excluding carboxylic acids is 1. The first-order valence-electron chi connectivity index (χ1n) is 8.01. The van der Waals surface area contributed by atoms with Gasteiger partial charge in [0.15, 0.2) is 5.76 Å². The number of amides is 1. The van der Waals surface area contributed by atoms with Gasteiger partial charge in [0.05, 0.1) is 6.61 Å². The van der Waals surface area contributed by atoms with Gasteiger partial charge in [-0.3, -0.25) is 4.79 Å². The van der Waals surface area contributed by atoms with Gasteiger partial charge >= 0.3 is 0 Å². The summed E-state index contributed by atoms with van der Waals surface area (Å²) in [5.74, 6) is 0.337. The predicted molar refractivity (Wildman–Crippen MR) is 84.6 cm³/mol. The van der Waals surface area contributed by atoms with E-state index in [0.29, 0.717) is 31.7 Å². The van der Waals surface area contributed by atoms with E-state index in [0.717, 1.165) is 0 Å². The maximum absolute atomic E-state index is 13.0. The second-order valence-corrected chi connectivity index (χ2v) is 8.77. The smallest absolute Gasteiger partial charge is 0.248 e. The van der Waals surface area contributed by atoms with Crippen molar-refractivity contribution in [3.63, 3.8) is 0 Å². The molecule has 24 heavy (non-hydrogen) atoms. The quantitative estimate of drug-likeness (QED) is 0.825. The number of aromatic nitrogens is 1. The lowest BCUT2D eigenvalue weighted by molar-refractivity contribution is -0.128. The number of aliphatic hydroxyl groups is 1. The summed E-state index contributed by atoms with van der Waals surface area (Å²) in [6.07, 6.45) is 0.618. The molecule has 2 aliphatic rings. The number of nitrogens with zero attached hydrogens (tertiary/aromatic N) is 3. The first kappa shape index (κ1) is 17.4. The molecule has 134 valence electrons. The van der Waals surface area contributed by atoms with Gasteiger partial charge in [-0.15, -0.1) is 0 Å². The Bertz CT molecular complexity index is 740. The van der Waals surface area contributed by atoms with Crippen molar-refractivity contribution in [1.82, 2.24) is 14.4 Å².